The number of carbonyl (C=O) groups is 1. The Morgan fingerprint density at radius 1 is 1.42 bits per heavy atom. The predicted octanol–water partition coefficient (Wildman–Crippen LogP) is 1.33. The number of hydrazine groups is 1. The van der Waals surface area contributed by atoms with E-state index in [0.717, 1.165) is 30.5 Å². The second-order valence-corrected chi connectivity index (χ2v) is 5.36. The third-order valence-electron chi connectivity index (χ3n) is 4.07. The van der Waals surface area contributed by atoms with Crippen molar-refractivity contribution in [3.05, 3.63) is 29.3 Å². The molecule has 0 saturated carbocycles. The molecule has 3 atom stereocenters. The van der Waals surface area contributed by atoms with Crippen LogP contribution < -0.4 is 16.6 Å². The number of nitrogens with one attached hydrogen (secondary N) is 2. The fourth-order valence-electron chi connectivity index (χ4n) is 3.01. The third-order valence-corrected chi connectivity index (χ3v) is 4.07. The van der Waals surface area contributed by atoms with Crippen molar-refractivity contribution in [2.75, 3.05) is 5.43 Å². The van der Waals surface area contributed by atoms with E-state index in [4.69, 9.17) is 10.6 Å². The van der Waals surface area contributed by atoms with Crippen LogP contribution >= 0.6 is 0 Å². The van der Waals surface area contributed by atoms with Crippen molar-refractivity contribution in [1.29, 1.82) is 0 Å². The van der Waals surface area contributed by atoms with Gasteiger partial charge in [-0.25, -0.2) is 0 Å². The molecule has 3 rings (SSSR count). The Kier molecular flexibility index (Phi) is 3.16. The molecule has 19 heavy (non-hydrogen) atoms. The molecule has 2 aliphatic rings. The number of amides is 1. The largest absolute Gasteiger partial charge is 0.373 e. The van der Waals surface area contributed by atoms with Crippen LogP contribution in [0.25, 0.3) is 0 Å². The molecule has 2 saturated heterocycles. The quantitative estimate of drug-likeness (QED) is 0.567. The summed E-state index contributed by atoms with van der Waals surface area (Å²) in [5.74, 6) is 5.35. The van der Waals surface area contributed by atoms with Crippen molar-refractivity contribution in [3.8, 4) is 0 Å². The number of ether oxygens (including phenoxy) is 1. The molecule has 1 aromatic rings. The summed E-state index contributed by atoms with van der Waals surface area (Å²) in [6.45, 7) is 1.92. The Balaban J connectivity index is 1.69. The minimum absolute atomic E-state index is 0.0344. The molecule has 2 aliphatic heterocycles. The van der Waals surface area contributed by atoms with Gasteiger partial charge in [0.2, 0.25) is 0 Å². The Bertz CT molecular complexity index is 503. The number of anilines is 1. The number of nitrogen functional groups attached to an aromatic ring is 1. The number of aryl methyl sites for hydroxylation is 1. The SMILES string of the molecule is Cc1cc(C(=O)NC2CC3CCC2O3)ccc1NN. The molecule has 0 spiro atoms. The summed E-state index contributed by atoms with van der Waals surface area (Å²) in [5.41, 5.74) is 5.06. The molecule has 2 fully saturated rings. The molecule has 1 aromatic carbocycles. The number of nitrogens with two attached hydrogens (primary N) is 1. The average molecular weight is 261 g/mol. The van der Waals surface area contributed by atoms with Crippen molar-refractivity contribution >= 4 is 11.6 Å². The summed E-state index contributed by atoms with van der Waals surface area (Å²) in [5, 5.41) is 3.08. The van der Waals surface area contributed by atoms with Crippen LogP contribution in [0.5, 0.6) is 0 Å². The van der Waals surface area contributed by atoms with E-state index in [9.17, 15) is 4.79 Å². The standard InChI is InChI=1S/C14H19N3O2/c1-8-6-9(2-4-11(8)17-15)14(18)16-12-7-10-3-5-13(12)19-10/h2,4,6,10,12-13,17H,3,5,7,15H2,1H3,(H,16,18). The number of carbonyl (C=O) groups excluding carboxylic acids is 1. The van der Waals surface area contributed by atoms with Crippen molar-refractivity contribution in [3.63, 3.8) is 0 Å². The average Bonchev–Trinajstić information content (AvgIpc) is 3.00. The van der Waals surface area contributed by atoms with Crippen LogP contribution in [-0.4, -0.2) is 24.2 Å². The summed E-state index contributed by atoms with van der Waals surface area (Å²) in [4.78, 5) is 12.2. The van der Waals surface area contributed by atoms with Crippen LogP contribution in [0.15, 0.2) is 18.2 Å². The first kappa shape index (κ1) is 12.4. The monoisotopic (exact) mass is 261 g/mol. The van der Waals surface area contributed by atoms with E-state index in [2.05, 4.69) is 10.7 Å². The zero-order valence-electron chi connectivity index (χ0n) is 11.0. The first-order valence-electron chi connectivity index (χ1n) is 6.71. The second-order valence-electron chi connectivity index (χ2n) is 5.36. The van der Waals surface area contributed by atoms with Gasteiger partial charge in [0.05, 0.1) is 23.9 Å². The van der Waals surface area contributed by atoms with Gasteiger partial charge in [0.15, 0.2) is 0 Å². The van der Waals surface area contributed by atoms with Crippen molar-refractivity contribution in [1.82, 2.24) is 5.32 Å². The van der Waals surface area contributed by atoms with Gasteiger partial charge in [-0.3, -0.25) is 10.6 Å². The Hall–Kier alpha value is -1.59. The summed E-state index contributed by atoms with van der Waals surface area (Å²) in [6.07, 6.45) is 3.69. The van der Waals surface area contributed by atoms with Gasteiger partial charge in [0.1, 0.15) is 0 Å². The lowest BCUT2D eigenvalue weighted by Crippen LogP contribution is -2.41. The maximum atomic E-state index is 12.2. The van der Waals surface area contributed by atoms with Gasteiger partial charge in [-0.1, -0.05) is 0 Å². The number of hydrogen-bond donors (Lipinski definition) is 3. The number of fused-ring (bicyclic) bond motifs is 2. The van der Waals surface area contributed by atoms with Crippen molar-refractivity contribution < 1.29 is 9.53 Å². The molecule has 3 unspecified atom stereocenters. The van der Waals surface area contributed by atoms with E-state index in [1.54, 1.807) is 6.07 Å². The highest BCUT2D eigenvalue weighted by Gasteiger charge is 2.41. The zero-order valence-corrected chi connectivity index (χ0v) is 11.0. The highest BCUT2D eigenvalue weighted by Crippen LogP contribution is 2.34. The van der Waals surface area contributed by atoms with Crippen LogP contribution in [0.3, 0.4) is 0 Å². The Morgan fingerprint density at radius 3 is 2.84 bits per heavy atom. The highest BCUT2D eigenvalue weighted by atomic mass is 16.5. The molecule has 1 amide bonds. The molecule has 0 aromatic heterocycles. The van der Waals surface area contributed by atoms with Crippen LogP contribution in [0.1, 0.15) is 35.2 Å². The van der Waals surface area contributed by atoms with Gasteiger partial charge in [0.25, 0.3) is 5.91 Å². The topological polar surface area (TPSA) is 76.4 Å². The first-order valence-corrected chi connectivity index (χ1v) is 6.71. The minimum atomic E-state index is -0.0344. The first-order chi connectivity index (χ1) is 9.17. The molecule has 2 bridgehead atoms. The fourth-order valence-corrected chi connectivity index (χ4v) is 3.01. The van der Waals surface area contributed by atoms with Gasteiger partial charge in [-0.15, -0.1) is 0 Å². The molecule has 5 heteroatoms. The smallest absolute Gasteiger partial charge is 0.251 e. The number of rotatable bonds is 3. The molecule has 2 heterocycles. The lowest BCUT2D eigenvalue weighted by atomic mass is 9.95. The summed E-state index contributed by atoms with van der Waals surface area (Å²) < 4.78 is 5.74. The number of hydrogen-bond acceptors (Lipinski definition) is 4. The normalized spacial score (nSPS) is 28.4. The number of benzene rings is 1. The van der Waals surface area contributed by atoms with Crippen LogP contribution in [-0.2, 0) is 4.74 Å². The van der Waals surface area contributed by atoms with Gasteiger partial charge in [-0.2, -0.15) is 0 Å². The lowest BCUT2D eigenvalue weighted by Gasteiger charge is -2.20. The summed E-state index contributed by atoms with van der Waals surface area (Å²) >= 11 is 0. The lowest BCUT2D eigenvalue weighted by molar-refractivity contribution is 0.0841. The third kappa shape index (κ3) is 2.31. The maximum absolute atomic E-state index is 12.2. The van der Waals surface area contributed by atoms with Gasteiger partial charge >= 0.3 is 0 Å². The summed E-state index contributed by atoms with van der Waals surface area (Å²) in [7, 11) is 0. The molecular weight excluding hydrogens is 242 g/mol. The Labute approximate surface area is 112 Å². The van der Waals surface area contributed by atoms with Crippen molar-refractivity contribution in [2.24, 2.45) is 5.84 Å². The Morgan fingerprint density at radius 2 is 2.26 bits per heavy atom. The molecule has 0 aliphatic carbocycles. The zero-order chi connectivity index (χ0) is 13.4. The van der Waals surface area contributed by atoms with Gasteiger partial charge in [-0.05, 0) is 49.9 Å². The van der Waals surface area contributed by atoms with E-state index in [1.165, 1.54) is 0 Å². The predicted molar refractivity (Wildman–Crippen MR) is 72.8 cm³/mol. The van der Waals surface area contributed by atoms with Crippen LogP contribution in [0, 0.1) is 6.92 Å². The van der Waals surface area contributed by atoms with E-state index in [-0.39, 0.29) is 18.1 Å². The fraction of sp³-hybridized carbons (Fsp3) is 0.500. The van der Waals surface area contributed by atoms with Crippen molar-refractivity contribution in [2.45, 2.75) is 44.4 Å². The summed E-state index contributed by atoms with van der Waals surface area (Å²) in [6, 6.07) is 5.62. The van der Waals surface area contributed by atoms with Crippen LogP contribution in [0.2, 0.25) is 0 Å². The van der Waals surface area contributed by atoms with E-state index in [0.29, 0.717) is 11.7 Å². The second kappa shape index (κ2) is 4.83. The van der Waals surface area contributed by atoms with Gasteiger partial charge < -0.3 is 15.5 Å². The molecule has 102 valence electrons. The maximum Gasteiger partial charge on any atom is 0.251 e. The van der Waals surface area contributed by atoms with E-state index in [1.807, 2.05) is 19.1 Å². The van der Waals surface area contributed by atoms with E-state index < -0.39 is 0 Å². The molecule has 4 N–H and O–H groups in total. The van der Waals surface area contributed by atoms with E-state index >= 15 is 0 Å². The molecular formula is C14H19N3O2. The highest BCUT2D eigenvalue weighted by molar-refractivity contribution is 5.95. The molecule has 0 radical (unpaired) electrons. The minimum Gasteiger partial charge on any atom is -0.373 e. The van der Waals surface area contributed by atoms with Gasteiger partial charge in [0, 0.05) is 5.56 Å². The molecule has 5 nitrogen and oxygen atoms in total. The van der Waals surface area contributed by atoms with Crippen LogP contribution in [0.4, 0.5) is 5.69 Å².